The molecule has 0 bridgehead atoms. The van der Waals surface area contributed by atoms with Crippen molar-refractivity contribution < 1.29 is 4.79 Å². The predicted molar refractivity (Wildman–Crippen MR) is 60.3 cm³/mol. The van der Waals surface area contributed by atoms with Crippen LogP contribution in [0.1, 0.15) is 47.0 Å². The SMILES string of the molecule is CCC(C)NCCC(=O)NC(C)CC. The summed E-state index contributed by atoms with van der Waals surface area (Å²) < 4.78 is 0. The number of amides is 1. The summed E-state index contributed by atoms with van der Waals surface area (Å²) in [6.07, 6.45) is 2.67. The maximum absolute atomic E-state index is 11.3. The molecule has 3 heteroatoms. The molecule has 2 unspecified atom stereocenters. The Morgan fingerprint density at radius 3 is 2.21 bits per heavy atom. The van der Waals surface area contributed by atoms with Crippen LogP contribution >= 0.6 is 0 Å². The van der Waals surface area contributed by atoms with Crippen LogP contribution in [0.5, 0.6) is 0 Å². The fraction of sp³-hybridized carbons (Fsp3) is 0.909. The molecule has 84 valence electrons. The van der Waals surface area contributed by atoms with E-state index in [1.54, 1.807) is 0 Å². The number of nitrogens with one attached hydrogen (secondary N) is 2. The minimum atomic E-state index is 0.148. The van der Waals surface area contributed by atoms with Crippen LogP contribution in [0.3, 0.4) is 0 Å². The van der Waals surface area contributed by atoms with Gasteiger partial charge in [0.25, 0.3) is 0 Å². The first-order chi connectivity index (χ1) is 6.60. The summed E-state index contributed by atoms with van der Waals surface area (Å²) in [5.74, 6) is 0.148. The van der Waals surface area contributed by atoms with E-state index in [0.29, 0.717) is 18.5 Å². The lowest BCUT2D eigenvalue weighted by molar-refractivity contribution is -0.121. The Kier molecular flexibility index (Phi) is 7.48. The highest BCUT2D eigenvalue weighted by Crippen LogP contribution is 1.91. The van der Waals surface area contributed by atoms with Crippen LogP contribution in [0.4, 0.5) is 0 Å². The lowest BCUT2D eigenvalue weighted by atomic mass is 10.2. The van der Waals surface area contributed by atoms with Crippen molar-refractivity contribution in [2.75, 3.05) is 6.54 Å². The highest BCUT2D eigenvalue weighted by Gasteiger charge is 2.05. The number of hydrogen-bond acceptors (Lipinski definition) is 2. The molecule has 2 atom stereocenters. The molecule has 0 rings (SSSR count). The Hall–Kier alpha value is -0.570. The zero-order valence-electron chi connectivity index (χ0n) is 9.89. The Morgan fingerprint density at radius 1 is 1.14 bits per heavy atom. The second-order valence-corrected chi connectivity index (χ2v) is 3.89. The van der Waals surface area contributed by atoms with E-state index in [4.69, 9.17) is 0 Å². The molecule has 0 aromatic rings. The third-order valence-corrected chi connectivity index (χ3v) is 2.48. The van der Waals surface area contributed by atoms with E-state index in [-0.39, 0.29) is 5.91 Å². The molecule has 0 radical (unpaired) electrons. The molecule has 3 nitrogen and oxygen atoms in total. The zero-order chi connectivity index (χ0) is 11.0. The summed E-state index contributed by atoms with van der Waals surface area (Å²) in [5.41, 5.74) is 0. The van der Waals surface area contributed by atoms with Crippen LogP contribution in [0, 0.1) is 0 Å². The Balaban J connectivity index is 3.44. The van der Waals surface area contributed by atoms with Crippen LogP contribution in [0.15, 0.2) is 0 Å². The average Bonchev–Trinajstić information content (AvgIpc) is 2.17. The standard InChI is InChI=1S/C11H24N2O/c1-5-9(3)12-8-7-11(14)13-10(4)6-2/h9-10,12H,5-8H2,1-4H3,(H,13,14). The van der Waals surface area contributed by atoms with Crippen molar-refractivity contribution in [3.63, 3.8) is 0 Å². The molecule has 0 aromatic carbocycles. The smallest absolute Gasteiger partial charge is 0.221 e. The fourth-order valence-corrected chi connectivity index (χ4v) is 1.03. The summed E-state index contributed by atoms with van der Waals surface area (Å²) in [7, 11) is 0. The highest BCUT2D eigenvalue weighted by atomic mass is 16.1. The maximum atomic E-state index is 11.3. The van der Waals surface area contributed by atoms with Crippen LogP contribution in [-0.2, 0) is 4.79 Å². The molecule has 0 aliphatic rings. The van der Waals surface area contributed by atoms with Gasteiger partial charge >= 0.3 is 0 Å². The highest BCUT2D eigenvalue weighted by molar-refractivity contribution is 5.76. The molecule has 14 heavy (non-hydrogen) atoms. The van der Waals surface area contributed by atoms with Gasteiger partial charge in [-0.2, -0.15) is 0 Å². The summed E-state index contributed by atoms with van der Waals surface area (Å²) in [4.78, 5) is 11.3. The normalized spacial score (nSPS) is 14.9. The van der Waals surface area contributed by atoms with E-state index >= 15 is 0 Å². The molecule has 1 amide bonds. The largest absolute Gasteiger partial charge is 0.354 e. The van der Waals surface area contributed by atoms with Gasteiger partial charge in [-0.25, -0.2) is 0 Å². The van der Waals surface area contributed by atoms with Crippen molar-refractivity contribution in [3.8, 4) is 0 Å². The Bertz CT molecular complexity index is 159. The van der Waals surface area contributed by atoms with E-state index in [1.807, 2.05) is 6.92 Å². The Labute approximate surface area is 87.6 Å². The molecule has 0 fully saturated rings. The summed E-state index contributed by atoms with van der Waals surface area (Å²) in [6, 6.07) is 0.803. The number of hydrogen-bond donors (Lipinski definition) is 2. The average molecular weight is 200 g/mol. The maximum Gasteiger partial charge on any atom is 0.221 e. The van der Waals surface area contributed by atoms with Crippen molar-refractivity contribution in [2.24, 2.45) is 0 Å². The van der Waals surface area contributed by atoms with Crippen LogP contribution in [-0.4, -0.2) is 24.5 Å². The van der Waals surface area contributed by atoms with Gasteiger partial charge in [-0.1, -0.05) is 13.8 Å². The van der Waals surface area contributed by atoms with Gasteiger partial charge in [0.05, 0.1) is 0 Å². The quantitative estimate of drug-likeness (QED) is 0.656. The Morgan fingerprint density at radius 2 is 1.71 bits per heavy atom. The van der Waals surface area contributed by atoms with Crippen molar-refractivity contribution >= 4 is 5.91 Å². The lowest BCUT2D eigenvalue weighted by Crippen LogP contribution is -2.35. The zero-order valence-corrected chi connectivity index (χ0v) is 9.89. The molecular weight excluding hydrogens is 176 g/mol. The van der Waals surface area contributed by atoms with Gasteiger partial charge < -0.3 is 10.6 Å². The van der Waals surface area contributed by atoms with E-state index in [0.717, 1.165) is 19.4 Å². The molecule has 0 saturated heterocycles. The van der Waals surface area contributed by atoms with Crippen molar-refractivity contribution in [2.45, 2.75) is 59.0 Å². The first-order valence-corrected chi connectivity index (χ1v) is 5.62. The lowest BCUT2D eigenvalue weighted by Gasteiger charge is -2.13. The number of carbonyl (C=O) groups is 1. The molecular formula is C11H24N2O. The van der Waals surface area contributed by atoms with Gasteiger partial charge in [-0.15, -0.1) is 0 Å². The van der Waals surface area contributed by atoms with Gasteiger partial charge in [0, 0.05) is 25.0 Å². The molecule has 0 heterocycles. The number of carbonyl (C=O) groups excluding carboxylic acids is 1. The minimum absolute atomic E-state index is 0.148. The van der Waals surface area contributed by atoms with Crippen molar-refractivity contribution in [3.05, 3.63) is 0 Å². The van der Waals surface area contributed by atoms with Crippen LogP contribution in [0.25, 0.3) is 0 Å². The first-order valence-electron chi connectivity index (χ1n) is 5.62. The minimum Gasteiger partial charge on any atom is -0.354 e. The van der Waals surface area contributed by atoms with Gasteiger partial charge in [-0.3, -0.25) is 4.79 Å². The molecule has 0 saturated carbocycles. The van der Waals surface area contributed by atoms with E-state index < -0.39 is 0 Å². The summed E-state index contributed by atoms with van der Waals surface area (Å²) >= 11 is 0. The van der Waals surface area contributed by atoms with Gasteiger partial charge in [0.2, 0.25) is 5.91 Å². The second-order valence-electron chi connectivity index (χ2n) is 3.89. The van der Waals surface area contributed by atoms with Crippen LogP contribution in [0.2, 0.25) is 0 Å². The van der Waals surface area contributed by atoms with Gasteiger partial charge in [0.1, 0.15) is 0 Å². The molecule has 0 aliphatic carbocycles. The third-order valence-electron chi connectivity index (χ3n) is 2.48. The van der Waals surface area contributed by atoms with Gasteiger partial charge in [0.15, 0.2) is 0 Å². The molecule has 0 aliphatic heterocycles. The molecule has 0 spiro atoms. The van der Waals surface area contributed by atoms with E-state index in [1.165, 1.54) is 0 Å². The number of rotatable bonds is 7. The fourth-order valence-electron chi connectivity index (χ4n) is 1.03. The van der Waals surface area contributed by atoms with E-state index in [9.17, 15) is 4.79 Å². The second kappa shape index (κ2) is 7.80. The van der Waals surface area contributed by atoms with Crippen LogP contribution < -0.4 is 10.6 Å². The van der Waals surface area contributed by atoms with Crippen molar-refractivity contribution in [1.29, 1.82) is 0 Å². The third kappa shape index (κ3) is 6.89. The van der Waals surface area contributed by atoms with Crippen molar-refractivity contribution in [1.82, 2.24) is 10.6 Å². The predicted octanol–water partition coefficient (Wildman–Crippen LogP) is 1.68. The first kappa shape index (κ1) is 13.4. The topological polar surface area (TPSA) is 41.1 Å². The molecule has 2 N–H and O–H groups in total. The molecule has 0 aromatic heterocycles. The monoisotopic (exact) mass is 200 g/mol. The summed E-state index contributed by atoms with van der Waals surface area (Å²) in [5, 5.41) is 6.24. The van der Waals surface area contributed by atoms with Gasteiger partial charge in [-0.05, 0) is 26.7 Å². The van der Waals surface area contributed by atoms with E-state index in [2.05, 4.69) is 31.4 Å². The summed E-state index contributed by atoms with van der Waals surface area (Å²) in [6.45, 7) is 9.14.